The number of tetrazole rings is 1. The van der Waals surface area contributed by atoms with Crippen LogP contribution in [-0.2, 0) is 16.0 Å². The van der Waals surface area contributed by atoms with Gasteiger partial charge in [0, 0.05) is 24.3 Å². The molecule has 1 N–H and O–H groups in total. The summed E-state index contributed by atoms with van der Waals surface area (Å²) in [6.07, 6.45) is 2.66. The number of hydrogen-bond donors (Lipinski definition) is 1. The van der Waals surface area contributed by atoms with E-state index >= 15 is 0 Å². The van der Waals surface area contributed by atoms with Crippen molar-refractivity contribution in [2.24, 2.45) is 5.92 Å². The van der Waals surface area contributed by atoms with Crippen LogP contribution < -0.4 is 10.2 Å². The minimum atomic E-state index is -0.377. The summed E-state index contributed by atoms with van der Waals surface area (Å²) in [5.41, 5.74) is 3.51. The van der Waals surface area contributed by atoms with E-state index in [1.807, 2.05) is 36.4 Å². The minimum absolute atomic E-state index is 0.0292. The van der Waals surface area contributed by atoms with E-state index in [0.29, 0.717) is 12.2 Å². The van der Waals surface area contributed by atoms with E-state index < -0.39 is 0 Å². The summed E-state index contributed by atoms with van der Waals surface area (Å²) in [5, 5.41) is 13.9. The molecule has 0 aliphatic carbocycles. The van der Waals surface area contributed by atoms with Crippen molar-refractivity contribution in [1.82, 2.24) is 20.2 Å². The molecular weight excluding hydrogens is 356 g/mol. The number of benzene rings is 2. The third-order valence-corrected chi connectivity index (χ3v) is 4.90. The van der Waals surface area contributed by atoms with Gasteiger partial charge in [-0.3, -0.25) is 9.59 Å². The first-order valence-electron chi connectivity index (χ1n) is 9.17. The van der Waals surface area contributed by atoms with Gasteiger partial charge in [-0.05, 0) is 58.8 Å². The van der Waals surface area contributed by atoms with Crippen LogP contribution in [0.25, 0.3) is 5.69 Å². The number of carbonyl (C=O) groups is 2. The highest BCUT2D eigenvalue weighted by Gasteiger charge is 2.35. The standard InChI is InChI=1S/C20H20N6O2/c1-2-14-3-7-17(8-4-14)25-12-15(11-19(25)27)20(28)22-16-5-9-18(10-6-16)26-13-21-23-24-26/h3-10,13,15H,2,11-12H2,1H3,(H,22,28). The van der Waals surface area contributed by atoms with Crippen LogP contribution in [0.15, 0.2) is 54.9 Å². The Morgan fingerprint density at radius 1 is 1.11 bits per heavy atom. The molecule has 2 amide bonds. The number of hydrogen-bond acceptors (Lipinski definition) is 5. The van der Waals surface area contributed by atoms with E-state index in [2.05, 4.69) is 27.8 Å². The minimum Gasteiger partial charge on any atom is -0.326 e. The van der Waals surface area contributed by atoms with Gasteiger partial charge >= 0.3 is 0 Å². The molecule has 2 heterocycles. The van der Waals surface area contributed by atoms with Crippen LogP contribution in [0, 0.1) is 5.92 Å². The molecule has 1 aromatic heterocycles. The molecule has 1 fully saturated rings. The SMILES string of the molecule is CCc1ccc(N2CC(C(=O)Nc3ccc(-n4cnnn4)cc3)CC2=O)cc1. The van der Waals surface area contributed by atoms with E-state index in [4.69, 9.17) is 0 Å². The summed E-state index contributed by atoms with van der Waals surface area (Å²) >= 11 is 0. The Balaban J connectivity index is 1.40. The predicted molar refractivity (Wildman–Crippen MR) is 104 cm³/mol. The quantitative estimate of drug-likeness (QED) is 0.737. The topological polar surface area (TPSA) is 93.0 Å². The maximum atomic E-state index is 12.6. The van der Waals surface area contributed by atoms with E-state index in [1.54, 1.807) is 17.0 Å². The van der Waals surface area contributed by atoms with Crippen LogP contribution in [0.1, 0.15) is 18.9 Å². The van der Waals surface area contributed by atoms with E-state index in [1.165, 1.54) is 16.6 Å². The highest BCUT2D eigenvalue weighted by atomic mass is 16.2. The van der Waals surface area contributed by atoms with Crippen LogP contribution >= 0.6 is 0 Å². The molecule has 0 bridgehead atoms. The van der Waals surface area contributed by atoms with Gasteiger partial charge in [0.05, 0.1) is 11.6 Å². The van der Waals surface area contributed by atoms with E-state index in [0.717, 1.165) is 17.8 Å². The van der Waals surface area contributed by atoms with Crippen LogP contribution in [-0.4, -0.2) is 38.6 Å². The summed E-state index contributed by atoms with van der Waals surface area (Å²) in [5.74, 6) is -0.563. The lowest BCUT2D eigenvalue weighted by Gasteiger charge is -2.17. The second-order valence-electron chi connectivity index (χ2n) is 6.72. The van der Waals surface area contributed by atoms with Crippen molar-refractivity contribution >= 4 is 23.2 Å². The number of aromatic nitrogens is 4. The van der Waals surface area contributed by atoms with Crippen LogP contribution in [0.5, 0.6) is 0 Å². The second kappa shape index (κ2) is 7.59. The highest BCUT2D eigenvalue weighted by molar-refractivity contribution is 6.03. The van der Waals surface area contributed by atoms with Crippen molar-refractivity contribution in [3.63, 3.8) is 0 Å². The summed E-state index contributed by atoms with van der Waals surface area (Å²) in [6.45, 7) is 2.48. The van der Waals surface area contributed by atoms with Crippen molar-refractivity contribution in [3.05, 3.63) is 60.4 Å². The summed E-state index contributed by atoms with van der Waals surface area (Å²) in [6, 6.07) is 15.1. The number of nitrogens with one attached hydrogen (secondary N) is 1. The molecule has 1 unspecified atom stereocenters. The number of amides is 2. The largest absolute Gasteiger partial charge is 0.326 e. The fraction of sp³-hybridized carbons (Fsp3) is 0.250. The molecule has 0 saturated carbocycles. The monoisotopic (exact) mass is 376 g/mol. The lowest BCUT2D eigenvalue weighted by atomic mass is 10.1. The van der Waals surface area contributed by atoms with Gasteiger partial charge in [0.25, 0.3) is 0 Å². The molecule has 1 atom stereocenters. The van der Waals surface area contributed by atoms with Gasteiger partial charge in [0.15, 0.2) is 0 Å². The maximum Gasteiger partial charge on any atom is 0.229 e. The Hall–Kier alpha value is -3.55. The number of carbonyl (C=O) groups excluding carboxylic acids is 2. The number of aryl methyl sites for hydroxylation is 1. The van der Waals surface area contributed by atoms with Crippen LogP contribution in [0.3, 0.4) is 0 Å². The number of rotatable bonds is 5. The Labute approximate surface area is 162 Å². The van der Waals surface area contributed by atoms with Gasteiger partial charge in [-0.25, -0.2) is 4.68 Å². The summed E-state index contributed by atoms with van der Waals surface area (Å²) in [4.78, 5) is 26.7. The summed E-state index contributed by atoms with van der Waals surface area (Å²) in [7, 11) is 0. The van der Waals surface area contributed by atoms with Crippen molar-refractivity contribution in [2.75, 3.05) is 16.8 Å². The average Bonchev–Trinajstić information content (AvgIpc) is 3.39. The van der Waals surface area contributed by atoms with Crippen LogP contribution in [0.4, 0.5) is 11.4 Å². The first-order chi connectivity index (χ1) is 13.6. The fourth-order valence-corrected chi connectivity index (χ4v) is 3.27. The van der Waals surface area contributed by atoms with Gasteiger partial charge in [-0.2, -0.15) is 0 Å². The Morgan fingerprint density at radius 2 is 1.82 bits per heavy atom. The molecule has 0 spiro atoms. The molecule has 1 aliphatic rings. The van der Waals surface area contributed by atoms with Crippen LogP contribution in [0.2, 0.25) is 0 Å². The molecule has 4 rings (SSSR count). The molecular formula is C20H20N6O2. The Kier molecular flexibility index (Phi) is 4.84. The Morgan fingerprint density at radius 3 is 2.46 bits per heavy atom. The average molecular weight is 376 g/mol. The van der Waals surface area contributed by atoms with E-state index in [-0.39, 0.29) is 24.2 Å². The van der Waals surface area contributed by atoms with Crippen molar-refractivity contribution in [1.29, 1.82) is 0 Å². The normalized spacial score (nSPS) is 16.4. The molecule has 28 heavy (non-hydrogen) atoms. The van der Waals surface area contributed by atoms with E-state index in [9.17, 15) is 9.59 Å². The molecule has 2 aromatic carbocycles. The zero-order valence-corrected chi connectivity index (χ0v) is 15.4. The van der Waals surface area contributed by atoms with Gasteiger partial charge in [-0.1, -0.05) is 19.1 Å². The molecule has 1 saturated heterocycles. The molecule has 142 valence electrons. The number of anilines is 2. The molecule has 0 radical (unpaired) electrons. The zero-order valence-electron chi connectivity index (χ0n) is 15.4. The third-order valence-electron chi connectivity index (χ3n) is 4.90. The van der Waals surface area contributed by atoms with Gasteiger partial charge in [0.1, 0.15) is 6.33 Å². The third kappa shape index (κ3) is 3.62. The zero-order chi connectivity index (χ0) is 19.5. The van der Waals surface area contributed by atoms with Crippen molar-refractivity contribution < 1.29 is 9.59 Å². The maximum absolute atomic E-state index is 12.6. The molecule has 8 heteroatoms. The molecule has 3 aromatic rings. The van der Waals surface area contributed by atoms with Crippen molar-refractivity contribution in [2.45, 2.75) is 19.8 Å². The van der Waals surface area contributed by atoms with Gasteiger partial charge < -0.3 is 10.2 Å². The predicted octanol–water partition coefficient (Wildman–Crippen LogP) is 2.22. The lowest BCUT2D eigenvalue weighted by Crippen LogP contribution is -2.28. The van der Waals surface area contributed by atoms with Crippen molar-refractivity contribution in [3.8, 4) is 5.69 Å². The summed E-state index contributed by atoms with van der Waals surface area (Å²) < 4.78 is 1.53. The van der Waals surface area contributed by atoms with Gasteiger partial charge in [-0.15, -0.1) is 5.10 Å². The number of nitrogens with zero attached hydrogens (tertiary/aromatic N) is 5. The lowest BCUT2D eigenvalue weighted by molar-refractivity contribution is -0.122. The smallest absolute Gasteiger partial charge is 0.229 e. The second-order valence-corrected chi connectivity index (χ2v) is 6.72. The molecule has 1 aliphatic heterocycles. The first-order valence-corrected chi connectivity index (χ1v) is 9.17. The molecule has 8 nitrogen and oxygen atoms in total. The first kappa shape index (κ1) is 17.8. The van der Waals surface area contributed by atoms with Gasteiger partial charge in [0.2, 0.25) is 11.8 Å². The fourth-order valence-electron chi connectivity index (χ4n) is 3.27. The highest BCUT2D eigenvalue weighted by Crippen LogP contribution is 2.26. The Bertz CT molecular complexity index is 967.